The zero-order valence-corrected chi connectivity index (χ0v) is 25.5. The molecule has 1 aliphatic heterocycles. The van der Waals surface area contributed by atoms with Gasteiger partial charge in [0.15, 0.2) is 5.82 Å². The van der Waals surface area contributed by atoms with Crippen LogP contribution < -0.4 is 4.74 Å². The van der Waals surface area contributed by atoms with E-state index in [4.69, 9.17) is 14.7 Å². The number of ether oxygens (including phenoxy) is 1. The molecule has 2 aliphatic carbocycles. The van der Waals surface area contributed by atoms with Crippen molar-refractivity contribution in [2.45, 2.75) is 45.8 Å². The molecule has 1 N–H and O–H groups in total. The van der Waals surface area contributed by atoms with Gasteiger partial charge in [-0.1, -0.05) is 6.92 Å². The number of aromatic nitrogens is 5. The van der Waals surface area contributed by atoms with Crippen LogP contribution in [0.5, 0.6) is 5.75 Å². The molecule has 3 fully saturated rings. The normalized spacial score (nSPS) is 21.5. The zero-order chi connectivity index (χ0) is 30.1. The SMILES string of the molecule is COc1cc(C(=O)N2CC3CC(C2)[C@@H](C)C3)cc2nc(-c3cc4ccc(-c5ccc(CO)nc5)nc4n3CC3CC3)n(C)c12. The first kappa shape index (κ1) is 27.3. The first-order valence-electron chi connectivity index (χ1n) is 15.8. The Bertz CT molecular complexity index is 1900. The van der Waals surface area contributed by atoms with E-state index in [-0.39, 0.29) is 12.5 Å². The van der Waals surface area contributed by atoms with Gasteiger partial charge in [0.1, 0.15) is 16.9 Å². The van der Waals surface area contributed by atoms with Crippen molar-refractivity contribution in [1.82, 2.24) is 29.0 Å². The third-order valence-corrected chi connectivity index (χ3v) is 10.2. The lowest BCUT2D eigenvalue weighted by Crippen LogP contribution is -2.41. The number of aliphatic hydroxyl groups is 1. The number of nitrogens with zero attached hydrogens (tertiary/aromatic N) is 6. The maximum Gasteiger partial charge on any atom is 0.254 e. The summed E-state index contributed by atoms with van der Waals surface area (Å²) in [6.07, 6.45) is 6.66. The largest absolute Gasteiger partial charge is 0.494 e. The summed E-state index contributed by atoms with van der Waals surface area (Å²) >= 11 is 0. The van der Waals surface area contributed by atoms with Crippen LogP contribution in [0.2, 0.25) is 0 Å². The van der Waals surface area contributed by atoms with Gasteiger partial charge in [-0.2, -0.15) is 0 Å². The summed E-state index contributed by atoms with van der Waals surface area (Å²) in [6.45, 7) is 4.79. The number of aliphatic hydroxyl groups excluding tert-OH is 1. The monoisotopic (exact) mass is 590 g/mol. The third kappa shape index (κ3) is 4.56. The highest BCUT2D eigenvalue weighted by Crippen LogP contribution is 2.42. The smallest absolute Gasteiger partial charge is 0.254 e. The van der Waals surface area contributed by atoms with Crippen LogP contribution in [0.3, 0.4) is 0 Å². The van der Waals surface area contributed by atoms with E-state index in [0.29, 0.717) is 40.7 Å². The fourth-order valence-electron chi connectivity index (χ4n) is 7.60. The van der Waals surface area contributed by atoms with E-state index < -0.39 is 0 Å². The first-order chi connectivity index (χ1) is 21.4. The summed E-state index contributed by atoms with van der Waals surface area (Å²) in [6, 6.07) is 13.9. The van der Waals surface area contributed by atoms with Gasteiger partial charge in [-0.25, -0.2) is 9.97 Å². The van der Waals surface area contributed by atoms with Crippen molar-refractivity contribution in [2.24, 2.45) is 30.7 Å². The summed E-state index contributed by atoms with van der Waals surface area (Å²) in [5, 5.41) is 10.5. The van der Waals surface area contributed by atoms with Crippen molar-refractivity contribution < 1.29 is 14.6 Å². The van der Waals surface area contributed by atoms with Gasteiger partial charge in [0.2, 0.25) is 0 Å². The molecule has 2 saturated carbocycles. The van der Waals surface area contributed by atoms with Crippen molar-refractivity contribution in [3.8, 4) is 28.5 Å². The predicted molar refractivity (Wildman–Crippen MR) is 169 cm³/mol. The van der Waals surface area contributed by atoms with Crippen molar-refractivity contribution in [2.75, 3.05) is 20.2 Å². The van der Waals surface area contributed by atoms with E-state index in [9.17, 15) is 9.90 Å². The van der Waals surface area contributed by atoms with E-state index in [1.165, 1.54) is 25.7 Å². The van der Waals surface area contributed by atoms with E-state index in [1.807, 2.05) is 37.4 Å². The zero-order valence-electron chi connectivity index (χ0n) is 25.5. The number of benzene rings is 1. The number of amides is 1. The van der Waals surface area contributed by atoms with Crippen LogP contribution in [0.4, 0.5) is 0 Å². The molecule has 226 valence electrons. The quantitative estimate of drug-likeness (QED) is 0.262. The van der Waals surface area contributed by atoms with Gasteiger partial charge >= 0.3 is 0 Å². The lowest BCUT2D eigenvalue weighted by atomic mass is 9.95. The molecular weight excluding hydrogens is 552 g/mol. The third-order valence-electron chi connectivity index (χ3n) is 10.2. The minimum Gasteiger partial charge on any atom is -0.494 e. The molecule has 44 heavy (non-hydrogen) atoms. The van der Waals surface area contributed by atoms with Gasteiger partial charge in [-0.15, -0.1) is 0 Å². The molecule has 5 aromatic rings. The van der Waals surface area contributed by atoms with Crippen LogP contribution in [-0.2, 0) is 20.2 Å². The van der Waals surface area contributed by atoms with Crippen LogP contribution in [0, 0.1) is 23.7 Å². The Morgan fingerprint density at radius 1 is 1.07 bits per heavy atom. The summed E-state index contributed by atoms with van der Waals surface area (Å²) < 4.78 is 10.3. The maximum atomic E-state index is 13.8. The fraction of sp³-hybridized carbons (Fsp3) is 0.429. The molecule has 3 atom stereocenters. The highest BCUT2D eigenvalue weighted by atomic mass is 16.5. The number of carbonyl (C=O) groups is 1. The second-order valence-corrected chi connectivity index (χ2v) is 13.2. The predicted octanol–water partition coefficient (Wildman–Crippen LogP) is 5.68. The Hall–Kier alpha value is -4.24. The van der Waals surface area contributed by atoms with Crippen LogP contribution >= 0.6 is 0 Å². The summed E-state index contributed by atoms with van der Waals surface area (Å²) in [5.41, 5.74) is 6.56. The number of imidazole rings is 1. The van der Waals surface area contributed by atoms with Crippen LogP contribution in [0.15, 0.2) is 48.7 Å². The minimum absolute atomic E-state index is 0.0716. The van der Waals surface area contributed by atoms with Crippen LogP contribution in [0.25, 0.3) is 44.8 Å². The summed E-state index contributed by atoms with van der Waals surface area (Å²) in [7, 11) is 3.68. The van der Waals surface area contributed by atoms with E-state index in [1.54, 1.807) is 13.3 Å². The molecule has 1 saturated heterocycles. The molecule has 1 aromatic carbocycles. The Morgan fingerprint density at radius 2 is 1.93 bits per heavy atom. The summed E-state index contributed by atoms with van der Waals surface area (Å²) in [5.74, 6) is 4.07. The molecule has 0 spiro atoms. The summed E-state index contributed by atoms with van der Waals surface area (Å²) in [4.78, 5) is 30.4. The number of methoxy groups -OCH3 is 1. The Labute approximate surface area is 256 Å². The standard InChI is InChI=1S/C35H38N6O3/c1-20-10-22-11-26(20)18-40(16-22)35(43)25-12-29-32(31(14-25)44-3)39(2)34(38-29)30-13-23-7-9-28(24-6-8-27(19-42)36-15-24)37-33(23)41(30)17-21-4-5-21/h6-9,12-15,20-22,26,42H,4-5,10-11,16-19H2,1-3H3/t20-,22?,26?/m0/s1. The number of hydrogen-bond donors (Lipinski definition) is 1. The number of pyridine rings is 2. The van der Waals surface area contributed by atoms with Crippen molar-refractivity contribution in [3.63, 3.8) is 0 Å². The molecule has 8 rings (SSSR count). The number of hydrogen-bond acceptors (Lipinski definition) is 6. The Morgan fingerprint density at radius 3 is 2.66 bits per heavy atom. The van der Waals surface area contributed by atoms with E-state index in [2.05, 4.69) is 38.1 Å². The lowest BCUT2D eigenvalue weighted by molar-refractivity contribution is 0.0653. The molecule has 2 bridgehead atoms. The minimum atomic E-state index is -0.0860. The number of rotatable bonds is 7. The molecule has 4 aromatic heterocycles. The number of carbonyl (C=O) groups excluding carboxylic acids is 1. The highest BCUT2D eigenvalue weighted by molar-refractivity contribution is 6.00. The fourth-order valence-corrected chi connectivity index (χ4v) is 7.60. The van der Waals surface area contributed by atoms with Gasteiger partial charge in [0, 0.05) is 49.4 Å². The molecule has 0 radical (unpaired) electrons. The molecule has 9 heteroatoms. The van der Waals surface area contributed by atoms with E-state index in [0.717, 1.165) is 64.5 Å². The molecule has 5 heterocycles. The first-order valence-corrected chi connectivity index (χ1v) is 15.8. The van der Waals surface area contributed by atoms with Crippen molar-refractivity contribution >= 4 is 28.0 Å². The average Bonchev–Trinajstić information content (AvgIpc) is 3.64. The van der Waals surface area contributed by atoms with Crippen molar-refractivity contribution in [1.29, 1.82) is 0 Å². The highest BCUT2D eigenvalue weighted by Gasteiger charge is 2.39. The Kier molecular flexibility index (Phi) is 6.48. The molecular formula is C35H38N6O3. The number of fused-ring (bicyclic) bond motifs is 4. The second kappa shape index (κ2) is 10.4. The number of likely N-dealkylation sites (tertiary alicyclic amines) is 1. The Balaban J connectivity index is 1.21. The molecule has 9 nitrogen and oxygen atoms in total. The second-order valence-electron chi connectivity index (χ2n) is 13.2. The maximum absolute atomic E-state index is 13.8. The number of aryl methyl sites for hydroxylation is 1. The van der Waals surface area contributed by atoms with Gasteiger partial charge in [0.25, 0.3) is 5.91 Å². The van der Waals surface area contributed by atoms with Gasteiger partial charge in [0.05, 0.1) is 36.3 Å². The molecule has 2 unspecified atom stereocenters. The van der Waals surface area contributed by atoms with Crippen LogP contribution in [0.1, 0.15) is 48.7 Å². The topological polar surface area (TPSA) is 98.3 Å². The van der Waals surface area contributed by atoms with E-state index >= 15 is 0 Å². The van der Waals surface area contributed by atoms with Gasteiger partial charge in [-0.05, 0) is 91.8 Å². The molecule has 3 aliphatic rings. The number of piperidine rings is 1. The van der Waals surface area contributed by atoms with Crippen LogP contribution in [-0.4, -0.2) is 60.2 Å². The lowest BCUT2D eigenvalue weighted by Gasteiger charge is -2.32. The average molecular weight is 591 g/mol. The van der Waals surface area contributed by atoms with Gasteiger partial charge in [-0.3, -0.25) is 9.78 Å². The van der Waals surface area contributed by atoms with Crippen molar-refractivity contribution in [3.05, 3.63) is 59.9 Å². The van der Waals surface area contributed by atoms with Gasteiger partial charge < -0.3 is 23.9 Å². The molecule has 1 amide bonds.